The number of benzene rings is 1. The summed E-state index contributed by atoms with van der Waals surface area (Å²) in [5, 5.41) is 9.18. The third-order valence-corrected chi connectivity index (χ3v) is 3.35. The van der Waals surface area contributed by atoms with Crippen molar-refractivity contribution in [3.05, 3.63) is 36.0 Å². The van der Waals surface area contributed by atoms with Crippen LogP contribution in [0.3, 0.4) is 0 Å². The van der Waals surface area contributed by atoms with E-state index in [9.17, 15) is 9.90 Å². The summed E-state index contributed by atoms with van der Waals surface area (Å²) in [5.41, 5.74) is 2.07. The van der Waals surface area contributed by atoms with Gasteiger partial charge in [-0.25, -0.2) is 4.79 Å². The largest absolute Gasteiger partial charge is 0.486 e. The fraction of sp³-hybridized carbons (Fsp3) is 0.267. The number of ether oxygens (including phenoxy) is 2. The van der Waals surface area contributed by atoms with Crippen LogP contribution in [0.15, 0.2) is 30.3 Å². The lowest BCUT2D eigenvalue weighted by Gasteiger charge is -2.19. The monoisotopic (exact) mass is 273 g/mol. The second-order valence-corrected chi connectivity index (χ2v) is 4.51. The molecule has 0 spiro atoms. The molecule has 1 aliphatic rings. The van der Waals surface area contributed by atoms with Crippen LogP contribution in [0.4, 0.5) is 0 Å². The molecule has 0 atom stereocenters. The van der Waals surface area contributed by atoms with Gasteiger partial charge in [0.2, 0.25) is 0 Å². The van der Waals surface area contributed by atoms with E-state index in [1.807, 2.05) is 31.2 Å². The van der Waals surface area contributed by atoms with Gasteiger partial charge in [-0.2, -0.15) is 0 Å². The Kier molecular flexibility index (Phi) is 3.10. The maximum atomic E-state index is 11.2. The van der Waals surface area contributed by atoms with E-state index in [2.05, 4.69) is 0 Å². The van der Waals surface area contributed by atoms with E-state index in [4.69, 9.17) is 9.47 Å². The summed E-state index contributed by atoms with van der Waals surface area (Å²) in [6.45, 7) is 3.61. The third-order valence-electron chi connectivity index (χ3n) is 3.35. The topological polar surface area (TPSA) is 60.7 Å². The standard InChI is InChI=1S/C15H15NO4/c1-2-16-11(4-5-12(16)15(17)18)10-3-6-13-14(9-10)20-8-7-19-13/h3-6,9H,2,7-8H2,1H3,(H,17,18). The highest BCUT2D eigenvalue weighted by atomic mass is 16.6. The van der Waals surface area contributed by atoms with Crippen molar-refractivity contribution in [3.63, 3.8) is 0 Å². The number of hydrogen-bond acceptors (Lipinski definition) is 3. The highest BCUT2D eigenvalue weighted by molar-refractivity contribution is 5.87. The molecule has 2 heterocycles. The normalized spacial score (nSPS) is 13.2. The maximum absolute atomic E-state index is 11.2. The highest BCUT2D eigenvalue weighted by Crippen LogP contribution is 2.35. The molecular weight excluding hydrogens is 258 g/mol. The summed E-state index contributed by atoms with van der Waals surface area (Å²) in [6.07, 6.45) is 0. The zero-order valence-corrected chi connectivity index (χ0v) is 11.1. The van der Waals surface area contributed by atoms with Crippen LogP contribution < -0.4 is 9.47 Å². The molecule has 20 heavy (non-hydrogen) atoms. The summed E-state index contributed by atoms with van der Waals surface area (Å²) >= 11 is 0. The van der Waals surface area contributed by atoms with E-state index in [0.29, 0.717) is 25.5 Å². The van der Waals surface area contributed by atoms with Crippen LogP contribution in [0, 0.1) is 0 Å². The van der Waals surface area contributed by atoms with Gasteiger partial charge in [0.25, 0.3) is 0 Å². The number of nitrogens with zero attached hydrogens (tertiary/aromatic N) is 1. The number of carboxylic acid groups (broad SMARTS) is 1. The molecule has 104 valence electrons. The van der Waals surface area contributed by atoms with Crippen molar-refractivity contribution in [2.45, 2.75) is 13.5 Å². The first-order chi connectivity index (χ1) is 9.70. The number of aromatic nitrogens is 1. The van der Waals surface area contributed by atoms with Crippen LogP contribution in [0.1, 0.15) is 17.4 Å². The second-order valence-electron chi connectivity index (χ2n) is 4.51. The van der Waals surface area contributed by atoms with Crippen molar-refractivity contribution < 1.29 is 19.4 Å². The van der Waals surface area contributed by atoms with E-state index in [-0.39, 0.29) is 5.69 Å². The van der Waals surface area contributed by atoms with Crippen LogP contribution in [0.5, 0.6) is 11.5 Å². The number of carbonyl (C=O) groups is 1. The summed E-state index contributed by atoms with van der Waals surface area (Å²) in [7, 11) is 0. The summed E-state index contributed by atoms with van der Waals surface area (Å²) in [5.74, 6) is 0.512. The van der Waals surface area contributed by atoms with Gasteiger partial charge in [-0.3, -0.25) is 0 Å². The molecule has 5 nitrogen and oxygen atoms in total. The Morgan fingerprint density at radius 1 is 1.20 bits per heavy atom. The van der Waals surface area contributed by atoms with Crippen molar-refractivity contribution in [1.29, 1.82) is 0 Å². The van der Waals surface area contributed by atoms with Crippen molar-refractivity contribution in [2.75, 3.05) is 13.2 Å². The smallest absolute Gasteiger partial charge is 0.352 e. The molecule has 0 saturated heterocycles. The molecule has 0 aliphatic carbocycles. The molecule has 0 radical (unpaired) electrons. The number of hydrogen-bond donors (Lipinski definition) is 1. The summed E-state index contributed by atoms with van der Waals surface area (Å²) in [6, 6.07) is 9.11. The number of aromatic carboxylic acids is 1. The molecule has 0 fully saturated rings. The lowest BCUT2D eigenvalue weighted by molar-refractivity contribution is 0.0685. The Labute approximate surface area is 116 Å². The van der Waals surface area contributed by atoms with Gasteiger partial charge in [-0.1, -0.05) is 0 Å². The molecule has 1 aliphatic heterocycles. The van der Waals surface area contributed by atoms with Crippen LogP contribution in [-0.2, 0) is 6.54 Å². The molecule has 5 heteroatoms. The molecule has 1 aromatic carbocycles. The van der Waals surface area contributed by atoms with Gasteiger partial charge in [-0.15, -0.1) is 0 Å². The van der Waals surface area contributed by atoms with Gasteiger partial charge in [0.1, 0.15) is 18.9 Å². The fourth-order valence-corrected chi connectivity index (χ4v) is 2.45. The quantitative estimate of drug-likeness (QED) is 0.934. The summed E-state index contributed by atoms with van der Waals surface area (Å²) in [4.78, 5) is 11.2. The van der Waals surface area contributed by atoms with Crippen LogP contribution in [0.2, 0.25) is 0 Å². The molecule has 0 saturated carbocycles. The highest BCUT2D eigenvalue weighted by Gasteiger charge is 2.17. The Morgan fingerprint density at radius 3 is 2.65 bits per heavy atom. The third kappa shape index (κ3) is 2.01. The molecule has 0 amide bonds. The van der Waals surface area contributed by atoms with Crippen LogP contribution in [-0.4, -0.2) is 28.9 Å². The minimum Gasteiger partial charge on any atom is -0.486 e. The Balaban J connectivity index is 2.07. The van der Waals surface area contributed by atoms with E-state index >= 15 is 0 Å². The van der Waals surface area contributed by atoms with Gasteiger partial charge in [0.15, 0.2) is 11.5 Å². The van der Waals surface area contributed by atoms with Gasteiger partial charge >= 0.3 is 5.97 Å². The molecular formula is C15H15NO4. The minimum absolute atomic E-state index is 0.289. The van der Waals surface area contributed by atoms with Gasteiger partial charge in [0.05, 0.1) is 0 Å². The van der Waals surface area contributed by atoms with E-state index < -0.39 is 5.97 Å². The van der Waals surface area contributed by atoms with Crippen LogP contribution >= 0.6 is 0 Å². The first-order valence-electron chi connectivity index (χ1n) is 6.53. The SMILES string of the molecule is CCn1c(C(=O)O)ccc1-c1ccc2c(c1)OCCO2. The fourth-order valence-electron chi connectivity index (χ4n) is 2.45. The lowest BCUT2D eigenvalue weighted by atomic mass is 10.1. The molecule has 1 N–H and O–H groups in total. The summed E-state index contributed by atoms with van der Waals surface area (Å²) < 4.78 is 12.8. The van der Waals surface area contributed by atoms with E-state index in [1.165, 1.54) is 0 Å². The van der Waals surface area contributed by atoms with Gasteiger partial charge in [-0.05, 0) is 37.3 Å². The van der Waals surface area contributed by atoms with Gasteiger partial charge < -0.3 is 19.1 Å². The molecule has 2 aromatic rings. The predicted octanol–water partition coefficient (Wildman–Crippen LogP) is 2.64. The maximum Gasteiger partial charge on any atom is 0.352 e. The van der Waals surface area contributed by atoms with Crippen molar-refractivity contribution >= 4 is 5.97 Å². The molecule has 1 aromatic heterocycles. The van der Waals surface area contributed by atoms with Crippen molar-refractivity contribution in [2.24, 2.45) is 0 Å². The van der Waals surface area contributed by atoms with Crippen molar-refractivity contribution in [3.8, 4) is 22.8 Å². The van der Waals surface area contributed by atoms with Crippen LogP contribution in [0.25, 0.3) is 11.3 Å². The number of fused-ring (bicyclic) bond motifs is 1. The Morgan fingerprint density at radius 2 is 1.95 bits per heavy atom. The zero-order valence-electron chi connectivity index (χ0n) is 11.1. The lowest BCUT2D eigenvalue weighted by Crippen LogP contribution is -2.15. The van der Waals surface area contributed by atoms with E-state index in [0.717, 1.165) is 17.0 Å². The zero-order chi connectivity index (χ0) is 14.1. The number of rotatable bonds is 3. The first-order valence-corrected chi connectivity index (χ1v) is 6.53. The molecule has 0 unspecified atom stereocenters. The van der Waals surface area contributed by atoms with Crippen molar-refractivity contribution in [1.82, 2.24) is 4.57 Å². The average molecular weight is 273 g/mol. The van der Waals surface area contributed by atoms with Gasteiger partial charge in [0, 0.05) is 17.8 Å². The number of carboxylic acids is 1. The second kappa shape index (κ2) is 4.92. The molecule has 3 rings (SSSR count). The Bertz CT molecular complexity index is 660. The Hall–Kier alpha value is -2.43. The predicted molar refractivity (Wildman–Crippen MR) is 73.5 cm³/mol. The van der Waals surface area contributed by atoms with E-state index in [1.54, 1.807) is 10.6 Å². The minimum atomic E-state index is -0.921. The average Bonchev–Trinajstić information content (AvgIpc) is 2.90. The first kappa shape index (κ1) is 12.6. The molecule has 0 bridgehead atoms.